The van der Waals surface area contributed by atoms with Gasteiger partial charge in [0.1, 0.15) is 18.7 Å². The lowest BCUT2D eigenvalue weighted by molar-refractivity contribution is -0.140. The molecule has 32 heteroatoms. The molecule has 5 atom stereocenters. The van der Waals surface area contributed by atoms with Gasteiger partial charge in [0.15, 0.2) is 29.2 Å². The molecular formula is C89H131N9O23. The van der Waals surface area contributed by atoms with E-state index in [-0.39, 0.29) is 136 Å². The highest BCUT2D eigenvalue weighted by atomic mass is 16.6. The topological polar surface area (TPSA) is 367 Å². The van der Waals surface area contributed by atoms with Crippen molar-refractivity contribution in [3.63, 3.8) is 0 Å². The van der Waals surface area contributed by atoms with Gasteiger partial charge in [0.2, 0.25) is 35.4 Å². The average molecular weight is 1700 g/mol. The van der Waals surface area contributed by atoms with E-state index in [1.165, 1.54) is 94.4 Å². The molecule has 9 amide bonds. The summed E-state index contributed by atoms with van der Waals surface area (Å²) in [6, 6.07) is 10.7. The number of nitrogens with one attached hydrogen (secondary N) is 4. The van der Waals surface area contributed by atoms with Crippen LogP contribution in [-0.4, -0.2) is 257 Å². The predicted molar refractivity (Wildman–Crippen MR) is 453 cm³/mol. The van der Waals surface area contributed by atoms with Gasteiger partial charge < -0.3 is 97.8 Å². The van der Waals surface area contributed by atoms with Gasteiger partial charge in [-0.2, -0.15) is 0 Å². The van der Waals surface area contributed by atoms with Gasteiger partial charge in [-0.25, -0.2) is 9.69 Å². The Kier molecular flexibility index (Phi) is 43.2. The summed E-state index contributed by atoms with van der Waals surface area (Å²) in [5.41, 5.74) is 3.90. The largest absolute Gasteiger partial charge is 0.493 e. The Bertz CT molecular complexity index is 3860. The Morgan fingerprint density at radius 3 is 1.69 bits per heavy atom. The van der Waals surface area contributed by atoms with Crippen molar-refractivity contribution in [1.82, 2.24) is 30.7 Å². The molecule has 1 unspecified atom stereocenters. The van der Waals surface area contributed by atoms with Crippen LogP contribution < -0.4 is 45.1 Å². The van der Waals surface area contributed by atoms with Crippen LogP contribution in [0.5, 0.6) is 23.0 Å². The number of carbonyl (C=O) groups is 9. The number of aliphatic hydroxyl groups is 1. The smallest absolute Gasteiger partial charge is 0.416 e. The molecular weight excluding hydrogens is 1560 g/mol. The quantitative estimate of drug-likeness (QED) is 0.0259. The van der Waals surface area contributed by atoms with Gasteiger partial charge in [-0.05, 0) is 107 Å². The van der Waals surface area contributed by atoms with E-state index in [1.807, 2.05) is 27.0 Å². The lowest BCUT2D eigenvalue weighted by atomic mass is 9.82. The summed E-state index contributed by atoms with van der Waals surface area (Å²) < 4.78 is 74.1. The molecule has 5 N–H and O–H groups in total. The first-order chi connectivity index (χ1) is 58.7. The van der Waals surface area contributed by atoms with Crippen LogP contribution in [0, 0.1) is 17.8 Å². The molecule has 4 heterocycles. The molecule has 8 rings (SSSR count). The Balaban J connectivity index is 0.616. The van der Waals surface area contributed by atoms with E-state index in [0.29, 0.717) is 159 Å². The second kappa shape index (κ2) is 53.7. The van der Waals surface area contributed by atoms with Gasteiger partial charge in [0.25, 0.3) is 11.8 Å². The number of likely N-dealkylation sites (tertiary alicyclic amines) is 1. The van der Waals surface area contributed by atoms with Crippen molar-refractivity contribution in [1.29, 1.82) is 0 Å². The fourth-order valence-electron chi connectivity index (χ4n) is 14.6. The van der Waals surface area contributed by atoms with Gasteiger partial charge in [0.05, 0.1) is 174 Å². The molecule has 0 radical (unpaired) electrons. The first-order valence-electron chi connectivity index (χ1n) is 43.3. The van der Waals surface area contributed by atoms with Crippen LogP contribution in [0.4, 0.5) is 21.9 Å². The number of aliphatic hydroxyl groups excluding tert-OH is 1. The molecule has 670 valence electrons. The molecule has 0 spiro atoms. The third kappa shape index (κ3) is 32.6. The number of carbonyl (C=O) groups excluding carboxylic acids is 9. The third-order valence-electron chi connectivity index (χ3n) is 21.6. The number of aliphatic imine (C=N–C) groups is 1. The number of nitrogens with zero attached hydrogens (tertiary/aromatic N) is 5. The Hall–Kier alpha value is -9.12. The molecule has 3 aromatic carbocycles. The number of unbranched alkanes of at least 4 members (excludes halogenated alkanes) is 2. The minimum absolute atomic E-state index is 0.0148. The lowest BCUT2D eigenvalue weighted by Gasteiger charge is -2.27. The highest BCUT2D eigenvalue weighted by Gasteiger charge is 2.43. The molecule has 1 aliphatic carbocycles. The minimum atomic E-state index is -1.55. The van der Waals surface area contributed by atoms with Crippen molar-refractivity contribution in [2.45, 2.75) is 201 Å². The first-order valence-corrected chi connectivity index (χ1v) is 43.3. The van der Waals surface area contributed by atoms with E-state index >= 15 is 0 Å². The third-order valence-corrected chi connectivity index (χ3v) is 21.6. The average Bonchev–Trinajstić information content (AvgIpc) is 1.72. The SMILES string of the molecule is CC/C(C)=C\N1C[C@H](O)N(C(=O)OCc2ccc(NC(=O)[C@H](C)NC(=O)[C@@H](NC(=O)CCOCCOCCOCCOCCOCCOCCOCCOCCNC(=O)CCN3C(=O)CC(C4CCCCCCCCCCCC4)C3=O)C(C)C)cc2)c2cc(OCCCCCOc3cc4c(cc3OC)C(=O)N3C=C(C)C[C@H]3C=N4)c(OC)cc2C1=O. The standard InChI is InChI=1S/C89H131N9O23/c1-9-63(4)58-95-60-82(102)98(74-56-78(76(110-8)53-72(74)86(95)105)120-34-22-18-21-33-119-77-55-73-71(52-75(77)109-7)88(107)97-59-64(5)51-69(97)57-91-73)89(108)121-61-66-25-27-68(28-26-66)93-84(103)65(6)92-85(104)83(62(2)3)94-80(100)30-35-111-37-39-113-41-43-115-45-47-117-49-50-118-48-46-116-44-42-114-40-38-112-36-31-90-79(99)29-32-96-81(101)54-70(87(96)106)67-23-19-16-14-12-10-11-13-15-17-20-24-67/h25-28,52-53,55-59,62,65,67,69-70,82-83,102H,9-24,29-51,54,60-61H2,1-8H3,(H,90,99)(H,92,104)(H,93,103)(H,94,100)/b63-58-/t65-,69-,70?,82-,83-/m0/s1. The maximum atomic E-state index is 14.3. The maximum Gasteiger partial charge on any atom is 0.416 e. The van der Waals surface area contributed by atoms with Gasteiger partial charge in [-0.3, -0.25) is 48.2 Å². The fraction of sp³-hybridized carbons (Fsp3) is 0.640. The number of rotatable bonds is 51. The molecule has 0 aromatic heterocycles. The monoisotopic (exact) mass is 1690 g/mol. The molecule has 0 bridgehead atoms. The molecule has 4 aliphatic heterocycles. The Morgan fingerprint density at radius 1 is 0.595 bits per heavy atom. The van der Waals surface area contributed by atoms with E-state index in [1.54, 1.807) is 67.6 Å². The summed E-state index contributed by atoms with van der Waals surface area (Å²) in [6.45, 7) is 16.8. The lowest BCUT2D eigenvalue weighted by Crippen LogP contribution is -2.53. The molecule has 5 aliphatic rings. The van der Waals surface area contributed by atoms with E-state index in [4.69, 9.17) is 61.6 Å². The van der Waals surface area contributed by atoms with Gasteiger partial charge in [-0.15, -0.1) is 0 Å². The second-order valence-corrected chi connectivity index (χ2v) is 31.2. The van der Waals surface area contributed by atoms with Crippen LogP contribution in [0.2, 0.25) is 0 Å². The number of hydrogen-bond donors (Lipinski definition) is 5. The highest BCUT2D eigenvalue weighted by molar-refractivity contribution is 6.07. The summed E-state index contributed by atoms with van der Waals surface area (Å²) in [6.07, 6.45) is 20.6. The molecule has 3 aromatic rings. The summed E-state index contributed by atoms with van der Waals surface area (Å²) in [5.74, 6) is -1.60. The van der Waals surface area contributed by atoms with Crippen molar-refractivity contribution in [2.75, 3.05) is 163 Å². The number of anilines is 2. The number of hydrogen-bond acceptors (Lipinski definition) is 24. The number of benzene rings is 3. The molecule has 32 nitrogen and oxygen atoms in total. The summed E-state index contributed by atoms with van der Waals surface area (Å²) >= 11 is 0. The minimum Gasteiger partial charge on any atom is -0.493 e. The number of β-amino-alcohol motifs (C(OH)–C–C–N with tert-alkyl or cyclic N) is 1. The number of fused-ring (bicyclic) bond motifs is 3. The van der Waals surface area contributed by atoms with Crippen molar-refractivity contribution < 1.29 is 110 Å². The molecule has 1 saturated carbocycles. The van der Waals surface area contributed by atoms with Gasteiger partial charge in [0, 0.05) is 68.8 Å². The van der Waals surface area contributed by atoms with Crippen molar-refractivity contribution in [3.8, 4) is 23.0 Å². The van der Waals surface area contributed by atoms with Gasteiger partial charge >= 0.3 is 6.09 Å². The van der Waals surface area contributed by atoms with E-state index in [0.717, 1.165) is 48.2 Å². The zero-order valence-corrected chi connectivity index (χ0v) is 72.3. The molecule has 1 saturated heterocycles. The fourth-order valence-corrected chi connectivity index (χ4v) is 14.6. The van der Waals surface area contributed by atoms with Crippen LogP contribution in [0.3, 0.4) is 0 Å². The predicted octanol–water partition coefficient (Wildman–Crippen LogP) is 10.7. The zero-order valence-electron chi connectivity index (χ0n) is 72.3. The highest BCUT2D eigenvalue weighted by Crippen LogP contribution is 2.42. The van der Waals surface area contributed by atoms with E-state index in [2.05, 4.69) is 26.3 Å². The van der Waals surface area contributed by atoms with Crippen LogP contribution in [0.15, 0.2) is 77.1 Å². The number of amides is 9. The van der Waals surface area contributed by atoms with Crippen molar-refractivity contribution >= 4 is 76.6 Å². The van der Waals surface area contributed by atoms with Crippen LogP contribution >= 0.6 is 0 Å². The van der Waals surface area contributed by atoms with Crippen molar-refractivity contribution in [3.05, 3.63) is 88.8 Å². The maximum absolute atomic E-state index is 14.3. The van der Waals surface area contributed by atoms with Crippen LogP contribution in [-0.2, 0) is 78.0 Å². The van der Waals surface area contributed by atoms with Gasteiger partial charge in [-0.1, -0.05) is 108 Å². The van der Waals surface area contributed by atoms with Crippen molar-refractivity contribution in [2.24, 2.45) is 22.7 Å². The number of ether oxygens (including phenoxy) is 13. The Morgan fingerprint density at radius 2 is 1.13 bits per heavy atom. The normalized spacial score (nSPS) is 17.9. The van der Waals surface area contributed by atoms with Crippen LogP contribution in [0.25, 0.3) is 0 Å². The van der Waals surface area contributed by atoms with Crippen LogP contribution in [0.1, 0.15) is 196 Å². The number of allylic oxidation sites excluding steroid dienone is 1. The number of methoxy groups -OCH3 is 2. The Labute approximate surface area is 712 Å². The first kappa shape index (κ1) is 97.3. The zero-order chi connectivity index (χ0) is 86.7. The van der Waals surface area contributed by atoms with E-state index < -0.39 is 48.0 Å². The summed E-state index contributed by atoms with van der Waals surface area (Å²) in [5, 5.41) is 22.8. The second-order valence-electron chi connectivity index (χ2n) is 31.2. The molecule has 2 fully saturated rings. The van der Waals surface area contributed by atoms with E-state index in [9.17, 15) is 48.3 Å². The number of imide groups is 1. The molecule has 121 heavy (non-hydrogen) atoms. The summed E-state index contributed by atoms with van der Waals surface area (Å²) in [7, 11) is 2.96. The summed E-state index contributed by atoms with van der Waals surface area (Å²) in [4.78, 5) is 131.